The van der Waals surface area contributed by atoms with Crippen LogP contribution in [-0.4, -0.2) is 31.2 Å². The summed E-state index contributed by atoms with van der Waals surface area (Å²) >= 11 is 0. The number of fused-ring (bicyclic) bond motifs is 1. The number of amides is 1. The van der Waals surface area contributed by atoms with Crippen LogP contribution >= 0.6 is 0 Å². The topological polar surface area (TPSA) is 139 Å². The monoisotopic (exact) mass is 397 g/mol. The van der Waals surface area contributed by atoms with Crippen molar-refractivity contribution in [2.75, 3.05) is 0 Å². The molecule has 0 fully saturated rings. The van der Waals surface area contributed by atoms with Gasteiger partial charge in [0.1, 0.15) is 13.2 Å². The van der Waals surface area contributed by atoms with Crippen LogP contribution < -0.4 is 16.9 Å². The number of aromatic nitrogens is 4. The van der Waals surface area contributed by atoms with Crippen molar-refractivity contribution in [1.29, 1.82) is 0 Å². The van der Waals surface area contributed by atoms with Gasteiger partial charge in [0.05, 0.1) is 10.9 Å². The molecule has 29 heavy (non-hydrogen) atoms. The lowest BCUT2D eigenvalue weighted by atomic mass is 10.2. The molecule has 1 amide bonds. The van der Waals surface area contributed by atoms with E-state index in [9.17, 15) is 19.2 Å². The fourth-order valence-corrected chi connectivity index (χ4v) is 2.78. The van der Waals surface area contributed by atoms with Gasteiger partial charge in [-0.15, -0.1) is 0 Å². The average Bonchev–Trinajstić information content (AvgIpc) is 2.70. The highest BCUT2D eigenvalue weighted by atomic mass is 16.5. The highest BCUT2D eigenvalue weighted by Crippen LogP contribution is 2.09. The second-order valence-electron chi connectivity index (χ2n) is 6.26. The van der Waals surface area contributed by atoms with Gasteiger partial charge in [0.25, 0.3) is 11.1 Å². The largest absolute Gasteiger partial charge is 0.453 e. The number of carbonyl (C=O) groups is 2. The molecule has 1 aromatic carbocycles. The summed E-state index contributed by atoms with van der Waals surface area (Å²) in [5.74, 6) is -1.45. The summed E-state index contributed by atoms with van der Waals surface area (Å²) in [7, 11) is 0. The van der Waals surface area contributed by atoms with Gasteiger partial charge in [0, 0.05) is 12.6 Å². The van der Waals surface area contributed by atoms with Crippen molar-refractivity contribution >= 4 is 22.8 Å². The number of carbonyl (C=O) groups excluding carboxylic acids is 2. The van der Waals surface area contributed by atoms with Gasteiger partial charge in [-0.05, 0) is 24.6 Å². The first kappa shape index (κ1) is 19.9. The van der Waals surface area contributed by atoms with Gasteiger partial charge in [0.2, 0.25) is 5.91 Å². The molecular weight excluding hydrogens is 378 g/mol. The van der Waals surface area contributed by atoms with Gasteiger partial charge in [-0.2, -0.15) is 5.10 Å². The molecule has 10 heteroatoms. The lowest BCUT2D eigenvalue weighted by Crippen LogP contribution is -2.32. The normalized spacial score (nSPS) is 10.8. The number of esters is 1. The van der Waals surface area contributed by atoms with Gasteiger partial charge in [-0.25, -0.2) is 14.5 Å². The standard InChI is InChI=1S/C19H19N5O5/c1-2-9-24-17(26)8-7-14(22-24)19(28)29-11-16-21-13-6-4-3-5-12(13)18(27)23(16)10-15(20)25/h3-8H,2,9-11H2,1H3,(H2,20,25). The van der Waals surface area contributed by atoms with Crippen LogP contribution in [0.1, 0.15) is 29.7 Å². The quantitative estimate of drug-likeness (QED) is 0.562. The van der Waals surface area contributed by atoms with Crippen molar-refractivity contribution in [1.82, 2.24) is 19.3 Å². The molecule has 10 nitrogen and oxygen atoms in total. The maximum atomic E-state index is 12.7. The van der Waals surface area contributed by atoms with Crippen LogP contribution in [0.2, 0.25) is 0 Å². The fraction of sp³-hybridized carbons (Fsp3) is 0.263. The molecule has 150 valence electrons. The van der Waals surface area contributed by atoms with Gasteiger partial charge in [-0.1, -0.05) is 19.1 Å². The molecule has 0 unspecified atom stereocenters. The lowest BCUT2D eigenvalue weighted by molar-refractivity contribution is -0.118. The number of primary amides is 1. The number of para-hydroxylation sites is 1. The second kappa shape index (κ2) is 8.46. The second-order valence-corrected chi connectivity index (χ2v) is 6.26. The number of rotatable bonds is 7. The smallest absolute Gasteiger partial charge is 0.359 e. The summed E-state index contributed by atoms with van der Waals surface area (Å²) in [5.41, 5.74) is 4.80. The highest BCUT2D eigenvalue weighted by molar-refractivity contribution is 5.87. The van der Waals surface area contributed by atoms with E-state index in [0.717, 1.165) is 4.57 Å². The molecule has 0 atom stereocenters. The molecule has 0 aliphatic carbocycles. The zero-order chi connectivity index (χ0) is 21.0. The van der Waals surface area contributed by atoms with Crippen LogP contribution in [0.5, 0.6) is 0 Å². The minimum Gasteiger partial charge on any atom is -0.453 e. The third-order valence-corrected chi connectivity index (χ3v) is 4.10. The summed E-state index contributed by atoms with van der Waals surface area (Å²) in [6, 6.07) is 9.11. The first-order valence-corrected chi connectivity index (χ1v) is 8.92. The van der Waals surface area contributed by atoms with E-state index in [1.54, 1.807) is 24.3 Å². The number of nitrogens with zero attached hydrogens (tertiary/aromatic N) is 4. The van der Waals surface area contributed by atoms with Crippen LogP contribution in [0.25, 0.3) is 10.9 Å². The molecule has 0 spiro atoms. The Bertz CT molecular complexity index is 1200. The van der Waals surface area contributed by atoms with E-state index >= 15 is 0 Å². The minimum atomic E-state index is -0.789. The van der Waals surface area contributed by atoms with E-state index in [-0.39, 0.29) is 23.7 Å². The first-order chi connectivity index (χ1) is 13.9. The van der Waals surface area contributed by atoms with Gasteiger partial charge >= 0.3 is 5.97 Å². The lowest BCUT2D eigenvalue weighted by Gasteiger charge is -2.12. The van der Waals surface area contributed by atoms with Crippen LogP contribution in [-0.2, 0) is 29.2 Å². The Morgan fingerprint density at radius 1 is 1.14 bits per heavy atom. The van der Waals surface area contributed by atoms with E-state index in [1.165, 1.54) is 16.8 Å². The first-order valence-electron chi connectivity index (χ1n) is 8.92. The number of benzene rings is 1. The van der Waals surface area contributed by atoms with E-state index in [2.05, 4.69) is 10.1 Å². The summed E-state index contributed by atoms with van der Waals surface area (Å²) in [6.45, 7) is 1.47. The SMILES string of the molecule is CCCn1nc(C(=O)OCc2nc3ccccc3c(=O)n2CC(N)=O)ccc1=O. The molecule has 0 radical (unpaired) electrons. The van der Waals surface area contributed by atoms with Crippen molar-refractivity contribution in [2.45, 2.75) is 33.0 Å². The molecule has 0 bridgehead atoms. The molecule has 3 aromatic rings. The molecule has 2 heterocycles. The van der Waals surface area contributed by atoms with E-state index in [4.69, 9.17) is 10.5 Å². The maximum Gasteiger partial charge on any atom is 0.359 e. The third kappa shape index (κ3) is 4.37. The molecule has 0 aliphatic heterocycles. The molecule has 2 N–H and O–H groups in total. The van der Waals surface area contributed by atoms with Gasteiger partial charge in [0.15, 0.2) is 11.5 Å². The van der Waals surface area contributed by atoms with Crippen LogP contribution in [0.3, 0.4) is 0 Å². The van der Waals surface area contributed by atoms with Gasteiger partial charge in [-0.3, -0.25) is 19.0 Å². The number of nitrogens with two attached hydrogens (primary N) is 1. The molecular formula is C19H19N5O5. The van der Waals surface area contributed by atoms with E-state index < -0.39 is 24.0 Å². The van der Waals surface area contributed by atoms with E-state index in [1.807, 2.05) is 6.92 Å². The van der Waals surface area contributed by atoms with Crippen molar-refractivity contribution in [3.8, 4) is 0 Å². The Morgan fingerprint density at radius 3 is 2.62 bits per heavy atom. The van der Waals surface area contributed by atoms with Crippen LogP contribution in [0.4, 0.5) is 0 Å². The molecule has 0 saturated heterocycles. The zero-order valence-electron chi connectivity index (χ0n) is 15.7. The van der Waals surface area contributed by atoms with E-state index in [0.29, 0.717) is 23.9 Å². The Hall–Kier alpha value is -3.82. The predicted octanol–water partition coefficient (Wildman–Crippen LogP) is 0.206. The Balaban J connectivity index is 1.91. The zero-order valence-corrected chi connectivity index (χ0v) is 15.7. The summed E-state index contributed by atoms with van der Waals surface area (Å²) in [6.07, 6.45) is 0.672. The fourth-order valence-electron chi connectivity index (χ4n) is 2.78. The van der Waals surface area contributed by atoms with Crippen LogP contribution in [0, 0.1) is 0 Å². The van der Waals surface area contributed by atoms with Crippen molar-refractivity contribution < 1.29 is 14.3 Å². The molecule has 3 rings (SSSR count). The Morgan fingerprint density at radius 2 is 1.90 bits per heavy atom. The van der Waals surface area contributed by atoms with Crippen LogP contribution in [0.15, 0.2) is 46.0 Å². The third-order valence-electron chi connectivity index (χ3n) is 4.10. The highest BCUT2D eigenvalue weighted by Gasteiger charge is 2.16. The van der Waals surface area contributed by atoms with Crippen molar-refractivity contribution in [3.05, 3.63) is 68.6 Å². The van der Waals surface area contributed by atoms with Gasteiger partial charge < -0.3 is 10.5 Å². The molecule has 0 saturated carbocycles. The molecule has 2 aromatic heterocycles. The maximum absolute atomic E-state index is 12.7. The number of aryl methyl sites for hydroxylation is 1. The van der Waals surface area contributed by atoms with Crippen molar-refractivity contribution in [2.24, 2.45) is 5.73 Å². The average molecular weight is 397 g/mol. The minimum absolute atomic E-state index is 0.0531. The molecule has 0 aliphatic rings. The Kier molecular flexibility index (Phi) is 5.82. The number of hydrogen-bond donors (Lipinski definition) is 1. The number of ether oxygens (including phenoxy) is 1. The summed E-state index contributed by atoms with van der Waals surface area (Å²) in [4.78, 5) is 52.5. The summed E-state index contributed by atoms with van der Waals surface area (Å²) < 4.78 is 7.47. The van der Waals surface area contributed by atoms with Crippen molar-refractivity contribution in [3.63, 3.8) is 0 Å². The summed E-state index contributed by atoms with van der Waals surface area (Å²) in [5, 5.41) is 4.30. The number of hydrogen-bond acceptors (Lipinski definition) is 7. The predicted molar refractivity (Wildman–Crippen MR) is 103 cm³/mol. The Labute approximate surface area is 164 Å².